The highest BCUT2D eigenvalue weighted by Gasteiger charge is 2.22. The first-order chi connectivity index (χ1) is 10.9. The summed E-state index contributed by atoms with van der Waals surface area (Å²) in [5.74, 6) is 0.0168. The highest BCUT2D eigenvalue weighted by atomic mass is 16.5. The molecule has 0 radical (unpaired) electrons. The molecule has 5 heteroatoms. The molecule has 1 heterocycles. The lowest BCUT2D eigenvalue weighted by Gasteiger charge is -2.35. The van der Waals surface area contributed by atoms with E-state index in [2.05, 4.69) is 18.7 Å². The van der Waals surface area contributed by atoms with Gasteiger partial charge in [0.15, 0.2) is 0 Å². The molecule has 0 aromatic heterocycles. The van der Waals surface area contributed by atoms with Crippen LogP contribution >= 0.6 is 0 Å². The number of nitrogens with two attached hydrogens (primary N) is 1. The van der Waals surface area contributed by atoms with E-state index in [4.69, 9.17) is 10.5 Å². The van der Waals surface area contributed by atoms with Gasteiger partial charge in [-0.15, -0.1) is 0 Å². The number of carbonyl (C=O) groups excluding carboxylic acids is 1. The predicted molar refractivity (Wildman–Crippen MR) is 92.3 cm³/mol. The number of nitrogens with zero attached hydrogens (tertiary/aromatic N) is 2. The number of morpholine rings is 1. The minimum Gasteiger partial charge on any atom is -0.373 e. The molecule has 2 rings (SSSR count). The van der Waals surface area contributed by atoms with Gasteiger partial charge in [0.1, 0.15) is 0 Å². The maximum absolute atomic E-state index is 12.4. The van der Waals surface area contributed by atoms with Crippen LogP contribution in [0.5, 0.6) is 0 Å². The van der Waals surface area contributed by atoms with Crippen molar-refractivity contribution in [1.82, 2.24) is 9.80 Å². The van der Waals surface area contributed by atoms with Gasteiger partial charge in [-0.1, -0.05) is 12.1 Å². The standard InChI is InChI=1S/C18H29N3O2/c1-13(9-19)20(4)18(22)17-7-5-16(6-8-17)12-21-10-14(2)23-15(3)11-21/h5-8,13-15H,9-12,19H2,1-4H3. The quantitative estimate of drug-likeness (QED) is 0.898. The average Bonchev–Trinajstić information content (AvgIpc) is 2.52. The van der Waals surface area contributed by atoms with Crippen LogP contribution in [0.15, 0.2) is 24.3 Å². The number of rotatable bonds is 5. The van der Waals surface area contributed by atoms with Crippen LogP contribution in [0.2, 0.25) is 0 Å². The molecule has 1 fully saturated rings. The van der Waals surface area contributed by atoms with E-state index in [1.807, 2.05) is 31.2 Å². The Bertz CT molecular complexity index is 508. The number of hydrogen-bond acceptors (Lipinski definition) is 4. The lowest BCUT2D eigenvalue weighted by molar-refractivity contribution is -0.0704. The first kappa shape index (κ1) is 17.9. The van der Waals surface area contributed by atoms with E-state index in [0.717, 1.165) is 19.6 Å². The highest BCUT2D eigenvalue weighted by molar-refractivity contribution is 5.94. The molecule has 1 saturated heterocycles. The van der Waals surface area contributed by atoms with Crippen LogP contribution < -0.4 is 5.73 Å². The summed E-state index contributed by atoms with van der Waals surface area (Å²) in [5.41, 5.74) is 7.56. The summed E-state index contributed by atoms with van der Waals surface area (Å²) >= 11 is 0. The molecule has 0 saturated carbocycles. The Morgan fingerprint density at radius 2 is 1.87 bits per heavy atom. The summed E-state index contributed by atoms with van der Waals surface area (Å²) in [7, 11) is 1.80. The smallest absolute Gasteiger partial charge is 0.253 e. The second-order valence-electron chi connectivity index (χ2n) is 6.65. The molecular weight excluding hydrogens is 290 g/mol. The number of likely N-dealkylation sites (N-methyl/N-ethyl adjacent to an activating group) is 1. The summed E-state index contributed by atoms with van der Waals surface area (Å²) in [5, 5.41) is 0. The fourth-order valence-corrected chi connectivity index (χ4v) is 2.99. The van der Waals surface area contributed by atoms with E-state index >= 15 is 0 Å². The van der Waals surface area contributed by atoms with Crippen LogP contribution in [0.4, 0.5) is 0 Å². The molecule has 1 amide bonds. The number of benzene rings is 1. The van der Waals surface area contributed by atoms with Gasteiger partial charge < -0.3 is 15.4 Å². The molecule has 0 bridgehead atoms. The molecule has 0 spiro atoms. The van der Waals surface area contributed by atoms with Gasteiger partial charge in [-0.3, -0.25) is 9.69 Å². The Morgan fingerprint density at radius 3 is 2.39 bits per heavy atom. The van der Waals surface area contributed by atoms with E-state index in [1.165, 1.54) is 5.56 Å². The average molecular weight is 319 g/mol. The number of carbonyl (C=O) groups is 1. The molecule has 5 nitrogen and oxygen atoms in total. The van der Waals surface area contributed by atoms with Crippen molar-refractivity contribution in [2.45, 2.75) is 45.6 Å². The Labute approximate surface area is 139 Å². The molecule has 0 aliphatic carbocycles. The maximum atomic E-state index is 12.4. The molecular formula is C18H29N3O2. The molecule has 1 aliphatic heterocycles. The molecule has 23 heavy (non-hydrogen) atoms. The largest absolute Gasteiger partial charge is 0.373 e. The Morgan fingerprint density at radius 1 is 1.30 bits per heavy atom. The zero-order valence-corrected chi connectivity index (χ0v) is 14.7. The fourth-order valence-electron chi connectivity index (χ4n) is 2.99. The second-order valence-corrected chi connectivity index (χ2v) is 6.65. The highest BCUT2D eigenvalue weighted by Crippen LogP contribution is 2.15. The van der Waals surface area contributed by atoms with Crippen LogP contribution in [0, 0.1) is 0 Å². The zero-order valence-electron chi connectivity index (χ0n) is 14.7. The van der Waals surface area contributed by atoms with Crippen molar-refractivity contribution < 1.29 is 9.53 Å². The van der Waals surface area contributed by atoms with Crippen LogP contribution in [0.3, 0.4) is 0 Å². The van der Waals surface area contributed by atoms with Gasteiger partial charge in [-0.05, 0) is 38.5 Å². The molecule has 3 unspecified atom stereocenters. The van der Waals surface area contributed by atoms with Crippen LogP contribution in [0.1, 0.15) is 36.7 Å². The third kappa shape index (κ3) is 4.77. The topological polar surface area (TPSA) is 58.8 Å². The minimum atomic E-state index is 0.0168. The van der Waals surface area contributed by atoms with Crippen LogP contribution in [-0.4, -0.2) is 60.6 Å². The Balaban J connectivity index is 1.98. The SMILES string of the molecule is CC1CN(Cc2ccc(C(=O)N(C)C(C)CN)cc2)CC(C)O1. The van der Waals surface area contributed by atoms with E-state index in [9.17, 15) is 4.79 Å². The zero-order chi connectivity index (χ0) is 17.0. The second kappa shape index (κ2) is 7.90. The molecule has 1 aromatic rings. The van der Waals surface area contributed by atoms with E-state index in [-0.39, 0.29) is 24.2 Å². The maximum Gasteiger partial charge on any atom is 0.253 e. The number of ether oxygens (including phenoxy) is 1. The first-order valence-electron chi connectivity index (χ1n) is 8.34. The fraction of sp³-hybridized carbons (Fsp3) is 0.611. The van der Waals surface area contributed by atoms with Gasteiger partial charge in [-0.2, -0.15) is 0 Å². The van der Waals surface area contributed by atoms with Crippen molar-refractivity contribution in [2.75, 3.05) is 26.7 Å². The summed E-state index contributed by atoms with van der Waals surface area (Å²) in [6.45, 7) is 9.42. The third-order valence-electron chi connectivity index (χ3n) is 4.42. The molecule has 3 atom stereocenters. The van der Waals surface area contributed by atoms with Gasteiger partial charge in [0.2, 0.25) is 0 Å². The molecule has 1 aliphatic rings. The minimum absolute atomic E-state index is 0.0168. The lowest BCUT2D eigenvalue weighted by atomic mass is 10.1. The summed E-state index contributed by atoms with van der Waals surface area (Å²) in [6.07, 6.45) is 0.539. The van der Waals surface area contributed by atoms with Gasteiger partial charge >= 0.3 is 0 Å². The Hall–Kier alpha value is -1.43. The van der Waals surface area contributed by atoms with Gasteiger partial charge in [-0.25, -0.2) is 0 Å². The van der Waals surface area contributed by atoms with Gasteiger partial charge in [0.25, 0.3) is 5.91 Å². The van der Waals surface area contributed by atoms with Crippen molar-refractivity contribution in [2.24, 2.45) is 5.73 Å². The van der Waals surface area contributed by atoms with Crippen molar-refractivity contribution >= 4 is 5.91 Å². The van der Waals surface area contributed by atoms with Crippen molar-refractivity contribution in [3.8, 4) is 0 Å². The molecule has 2 N–H and O–H groups in total. The van der Waals surface area contributed by atoms with Crippen LogP contribution in [0.25, 0.3) is 0 Å². The third-order valence-corrected chi connectivity index (χ3v) is 4.42. The predicted octanol–water partition coefficient (Wildman–Crippen LogP) is 1.72. The lowest BCUT2D eigenvalue weighted by Crippen LogP contribution is -2.44. The van der Waals surface area contributed by atoms with Crippen molar-refractivity contribution in [1.29, 1.82) is 0 Å². The Kier molecular flexibility index (Phi) is 6.16. The van der Waals surface area contributed by atoms with E-state index < -0.39 is 0 Å². The van der Waals surface area contributed by atoms with Gasteiger partial charge in [0.05, 0.1) is 12.2 Å². The number of hydrogen-bond donors (Lipinski definition) is 1. The van der Waals surface area contributed by atoms with Gasteiger partial charge in [0, 0.05) is 44.8 Å². The van der Waals surface area contributed by atoms with E-state index in [1.54, 1.807) is 11.9 Å². The van der Waals surface area contributed by atoms with E-state index in [0.29, 0.717) is 12.1 Å². The van der Waals surface area contributed by atoms with Crippen LogP contribution in [-0.2, 0) is 11.3 Å². The van der Waals surface area contributed by atoms with Crippen molar-refractivity contribution in [3.05, 3.63) is 35.4 Å². The summed E-state index contributed by atoms with van der Waals surface area (Å²) < 4.78 is 5.76. The molecule has 128 valence electrons. The molecule has 1 aromatic carbocycles. The first-order valence-corrected chi connectivity index (χ1v) is 8.34. The van der Waals surface area contributed by atoms with Crippen molar-refractivity contribution in [3.63, 3.8) is 0 Å². The number of amides is 1. The summed E-state index contributed by atoms with van der Waals surface area (Å²) in [4.78, 5) is 16.5. The summed E-state index contributed by atoms with van der Waals surface area (Å²) in [6, 6.07) is 7.94. The monoisotopic (exact) mass is 319 g/mol. The normalized spacial score (nSPS) is 23.5.